The lowest BCUT2D eigenvalue weighted by Crippen LogP contribution is -2.47. The standard InChI is InChI=1S/C27H30N4O3S.H2S/c1-33-24-8-6-19(15-25(24)34-2)18-5-7-22-23(14-18)30-26(29-22)17-9-11-31(12-10-17)27(32)21(28)16-20-4-3-13-35-20;/h3-8,13-15,17,21H,9-12,16,28H2,1-2H3,(H,29,30);1H2/t21-;/m0./s1. The number of hydrogen-bond acceptors (Lipinski definition) is 6. The zero-order valence-electron chi connectivity index (χ0n) is 20.5. The van der Waals surface area contributed by atoms with E-state index in [9.17, 15) is 4.79 Å². The minimum atomic E-state index is -0.480. The highest BCUT2D eigenvalue weighted by atomic mass is 32.1. The Morgan fingerprint density at radius 2 is 1.83 bits per heavy atom. The van der Waals surface area contributed by atoms with Gasteiger partial charge in [-0.3, -0.25) is 4.79 Å². The van der Waals surface area contributed by atoms with Crippen LogP contribution < -0.4 is 15.2 Å². The first-order valence-electron chi connectivity index (χ1n) is 11.8. The number of nitrogens with zero attached hydrogens (tertiary/aromatic N) is 2. The lowest BCUT2D eigenvalue weighted by molar-refractivity contribution is -0.133. The van der Waals surface area contributed by atoms with Crippen molar-refractivity contribution in [1.82, 2.24) is 14.9 Å². The summed E-state index contributed by atoms with van der Waals surface area (Å²) in [7, 11) is 3.28. The van der Waals surface area contributed by atoms with Crippen molar-refractivity contribution in [2.75, 3.05) is 27.3 Å². The highest BCUT2D eigenvalue weighted by molar-refractivity contribution is 7.59. The lowest BCUT2D eigenvalue weighted by Gasteiger charge is -2.32. The van der Waals surface area contributed by atoms with Crippen molar-refractivity contribution in [2.45, 2.75) is 31.2 Å². The van der Waals surface area contributed by atoms with Gasteiger partial charge in [0.1, 0.15) is 5.82 Å². The van der Waals surface area contributed by atoms with Crippen LogP contribution in [0.3, 0.4) is 0 Å². The number of likely N-dealkylation sites (tertiary alicyclic amines) is 1. The number of nitrogens with one attached hydrogen (secondary N) is 1. The number of methoxy groups -OCH3 is 2. The predicted molar refractivity (Wildman–Crippen MR) is 150 cm³/mol. The molecule has 0 unspecified atom stereocenters. The molecule has 9 heteroatoms. The van der Waals surface area contributed by atoms with Gasteiger partial charge in [0.2, 0.25) is 5.91 Å². The van der Waals surface area contributed by atoms with E-state index in [1.165, 1.54) is 0 Å². The topological polar surface area (TPSA) is 93.5 Å². The summed E-state index contributed by atoms with van der Waals surface area (Å²) >= 11 is 1.64. The van der Waals surface area contributed by atoms with Gasteiger partial charge < -0.3 is 25.1 Å². The van der Waals surface area contributed by atoms with Crippen LogP contribution in [0.15, 0.2) is 53.9 Å². The van der Waals surface area contributed by atoms with Gasteiger partial charge in [-0.15, -0.1) is 11.3 Å². The highest BCUT2D eigenvalue weighted by Gasteiger charge is 2.28. The van der Waals surface area contributed by atoms with Crippen molar-refractivity contribution in [3.05, 3.63) is 64.6 Å². The molecule has 0 saturated carbocycles. The fourth-order valence-electron chi connectivity index (χ4n) is 4.76. The van der Waals surface area contributed by atoms with Crippen LogP contribution in [0.4, 0.5) is 0 Å². The van der Waals surface area contributed by atoms with E-state index in [0.29, 0.717) is 36.9 Å². The summed E-state index contributed by atoms with van der Waals surface area (Å²) in [5.41, 5.74) is 10.3. The number of amides is 1. The number of thiophene rings is 1. The van der Waals surface area contributed by atoms with Gasteiger partial charge in [0.25, 0.3) is 0 Å². The second-order valence-electron chi connectivity index (χ2n) is 8.91. The summed E-state index contributed by atoms with van der Waals surface area (Å²) in [6, 6.07) is 15.7. The van der Waals surface area contributed by atoms with Crippen LogP contribution in [-0.2, 0) is 11.2 Å². The van der Waals surface area contributed by atoms with E-state index in [1.807, 2.05) is 46.7 Å². The molecule has 3 heterocycles. The Balaban J connectivity index is 0.00000304. The van der Waals surface area contributed by atoms with Crippen LogP contribution in [-0.4, -0.2) is 54.1 Å². The number of nitrogens with two attached hydrogens (primary N) is 1. The molecule has 1 saturated heterocycles. The van der Waals surface area contributed by atoms with Gasteiger partial charge >= 0.3 is 0 Å². The third-order valence-corrected chi connectivity index (χ3v) is 7.63. The molecule has 2 aromatic heterocycles. The smallest absolute Gasteiger partial charge is 0.239 e. The van der Waals surface area contributed by atoms with Crippen molar-refractivity contribution >= 4 is 41.8 Å². The third-order valence-electron chi connectivity index (χ3n) is 6.73. The number of rotatable bonds is 7. The van der Waals surface area contributed by atoms with Gasteiger partial charge in [-0.05, 0) is 59.7 Å². The van der Waals surface area contributed by atoms with E-state index in [2.05, 4.69) is 17.1 Å². The van der Waals surface area contributed by atoms with E-state index >= 15 is 0 Å². The Morgan fingerprint density at radius 1 is 1.11 bits per heavy atom. The van der Waals surface area contributed by atoms with E-state index in [1.54, 1.807) is 25.6 Å². The SMILES string of the molecule is COc1ccc(-c2ccc3nc(C4CCN(C(=O)[C@@H](N)Cc5cccs5)CC4)[nH]c3c2)cc1OC.S. The number of imidazole rings is 1. The molecule has 7 nitrogen and oxygen atoms in total. The van der Waals surface area contributed by atoms with Crippen LogP contribution in [0.1, 0.15) is 29.5 Å². The Labute approximate surface area is 222 Å². The van der Waals surface area contributed by atoms with Crippen LogP contribution in [0.2, 0.25) is 0 Å². The monoisotopic (exact) mass is 524 g/mol. The molecule has 1 fully saturated rings. The van der Waals surface area contributed by atoms with Gasteiger partial charge in [0, 0.05) is 30.3 Å². The molecule has 0 spiro atoms. The molecule has 5 rings (SSSR count). The first-order valence-corrected chi connectivity index (χ1v) is 12.7. The fraction of sp³-hybridized carbons (Fsp3) is 0.333. The summed E-state index contributed by atoms with van der Waals surface area (Å²) < 4.78 is 10.8. The molecule has 1 amide bonds. The van der Waals surface area contributed by atoms with Crippen molar-refractivity contribution in [2.24, 2.45) is 5.73 Å². The Bertz CT molecular complexity index is 1310. The molecule has 2 aromatic carbocycles. The van der Waals surface area contributed by atoms with Crippen LogP contribution in [0, 0.1) is 0 Å². The van der Waals surface area contributed by atoms with Gasteiger partial charge in [0.15, 0.2) is 11.5 Å². The van der Waals surface area contributed by atoms with Crippen molar-refractivity contribution < 1.29 is 14.3 Å². The molecule has 3 N–H and O–H groups in total. The average Bonchev–Trinajstić information content (AvgIpc) is 3.57. The molecule has 0 radical (unpaired) electrons. The lowest BCUT2D eigenvalue weighted by atomic mass is 9.95. The second-order valence-corrected chi connectivity index (χ2v) is 9.95. The van der Waals surface area contributed by atoms with Gasteiger partial charge in [0.05, 0.1) is 31.3 Å². The molecule has 0 bridgehead atoms. The maximum Gasteiger partial charge on any atom is 0.239 e. The number of ether oxygens (including phenoxy) is 2. The van der Waals surface area contributed by atoms with Crippen LogP contribution >= 0.6 is 24.8 Å². The predicted octanol–water partition coefficient (Wildman–Crippen LogP) is 4.70. The maximum absolute atomic E-state index is 12.8. The molecule has 1 aliphatic rings. The van der Waals surface area contributed by atoms with E-state index in [0.717, 1.165) is 45.7 Å². The highest BCUT2D eigenvalue weighted by Crippen LogP contribution is 2.34. The summed E-state index contributed by atoms with van der Waals surface area (Å²) in [4.78, 5) is 24.3. The number of piperidine rings is 1. The summed E-state index contributed by atoms with van der Waals surface area (Å²) in [6.45, 7) is 1.41. The van der Waals surface area contributed by atoms with Gasteiger partial charge in [-0.25, -0.2) is 4.98 Å². The number of carbonyl (C=O) groups excluding carboxylic acids is 1. The van der Waals surface area contributed by atoms with Crippen LogP contribution in [0.25, 0.3) is 22.2 Å². The number of hydrogen-bond donors (Lipinski definition) is 2. The average molecular weight is 525 g/mol. The molecular weight excluding hydrogens is 492 g/mol. The number of fused-ring (bicyclic) bond motifs is 1. The number of benzene rings is 2. The van der Waals surface area contributed by atoms with Gasteiger partial charge in [-0.1, -0.05) is 18.2 Å². The minimum absolute atomic E-state index is 0. The molecule has 1 aliphatic heterocycles. The number of aromatic nitrogens is 2. The summed E-state index contributed by atoms with van der Waals surface area (Å²) in [5.74, 6) is 2.73. The summed E-state index contributed by atoms with van der Waals surface area (Å²) in [6.07, 6.45) is 2.35. The van der Waals surface area contributed by atoms with Crippen molar-refractivity contribution in [3.63, 3.8) is 0 Å². The second kappa shape index (κ2) is 11.4. The largest absolute Gasteiger partial charge is 0.493 e. The zero-order valence-corrected chi connectivity index (χ0v) is 22.3. The van der Waals surface area contributed by atoms with Gasteiger partial charge in [-0.2, -0.15) is 13.5 Å². The molecule has 190 valence electrons. The Kier molecular flexibility index (Phi) is 8.23. The van der Waals surface area contributed by atoms with E-state index in [4.69, 9.17) is 20.2 Å². The first-order chi connectivity index (χ1) is 17.1. The summed E-state index contributed by atoms with van der Waals surface area (Å²) in [5, 5.41) is 2.02. The Morgan fingerprint density at radius 3 is 2.53 bits per heavy atom. The van der Waals surface area contributed by atoms with E-state index in [-0.39, 0.29) is 19.4 Å². The minimum Gasteiger partial charge on any atom is -0.493 e. The fourth-order valence-corrected chi connectivity index (χ4v) is 5.52. The van der Waals surface area contributed by atoms with Crippen molar-refractivity contribution in [3.8, 4) is 22.6 Å². The zero-order chi connectivity index (χ0) is 24.4. The molecule has 36 heavy (non-hydrogen) atoms. The molecule has 4 aromatic rings. The Hall–Kier alpha value is -3.01. The van der Waals surface area contributed by atoms with Crippen LogP contribution in [0.5, 0.6) is 11.5 Å². The third kappa shape index (κ3) is 5.38. The number of aromatic amines is 1. The van der Waals surface area contributed by atoms with Crippen molar-refractivity contribution in [1.29, 1.82) is 0 Å². The normalized spacial score (nSPS) is 14.9. The number of carbonyl (C=O) groups is 1. The van der Waals surface area contributed by atoms with E-state index < -0.39 is 6.04 Å². The first kappa shape index (κ1) is 26.1. The maximum atomic E-state index is 12.8. The molecule has 1 atom stereocenters. The number of H-pyrrole nitrogens is 1. The quantitative estimate of drug-likeness (QED) is 0.366. The molecular formula is C27H32N4O3S2. The molecule has 0 aliphatic carbocycles.